The Labute approximate surface area is 83.8 Å². The van der Waals surface area contributed by atoms with Crippen LogP contribution < -0.4 is 5.56 Å². The van der Waals surface area contributed by atoms with Crippen LogP contribution in [0.25, 0.3) is 0 Å². The molecule has 2 rings (SSSR count). The summed E-state index contributed by atoms with van der Waals surface area (Å²) in [6.45, 7) is 3.13. The second kappa shape index (κ2) is 3.58. The van der Waals surface area contributed by atoms with Crippen LogP contribution in [0.2, 0.25) is 0 Å². The molecule has 3 nitrogen and oxygen atoms in total. The van der Waals surface area contributed by atoms with Gasteiger partial charge in [0.05, 0.1) is 0 Å². The van der Waals surface area contributed by atoms with Crippen molar-refractivity contribution in [3.8, 4) is 0 Å². The number of hydrogen-bond donors (Lipinski definition) is 1. The smallest absolute Gasteiger partial charge is 0.248 e. The lowest BCUT2D eigenvalue weighted by Crippen LogP contribution is -2.20. The number of nitrogens with zero attached hydrogens (tertiary/aromatic N) is 1. The van der Waals surface area contributed by atoms with Crippen LogP contribution in [0.5, 0.6) is 0 Å². The summed E-state index contributed by atoms with van der Waals surface area (Å²) >= 11 is 0. The van der Waals surface area contributed by atoms with E-state index in [1.54, 1.807) is 6.07 Å². The SMILES string of the molecule is Cc1[nH]c(=O)ccc1[C@H]1CCCN1C. The molecule has 0 amide bonds. The summed E-state index contributed by atoms with van der Waals surface area (Å²) in [5, 5.41) is 0. The molecular weight excluding hydrogens is 176 g/mol. The fourth-order valence-corrected chi connectivity index (χ4v) is 2.25. The van der Waals surface area contributed by atoms with Crippen molar-refractivity contribution in [3.63, 3.8) is 0 Å². The number of likely N-dealkylation sites (tertiary alicyclic amines) is 1. The molecule has 1 atom stereocenters. The lowest BCUT2D eigenvalue weighted by Gasteiger charge is -2.21. The molecule has 0 unspecified atom stereocenters. The van der Waals surface area contributed by atoms with Gasteiger partial charge < -0.3 is 4.98 Å². The summed E-state index contributed by atoms with van der Waals surface area (Å²) in [7, 11) is 2.14. The average molecular weight is 192 g/mol. The maximum Gasteiger partial charge on any atom is 0.248 e. The first-order valence-electron chi connectivity index (χ1n) is 5.08. The molecule has 0 aromatic carbocycles. The minimum atomic E-state index is -0.00750. The Morgan fingerprint density at radius 2 is 2.29 bits per heavy atom. The Morgan fingerprint density at radius 3 is 2.86 bits per heavy atom. The molecule has 0 saturated carbocycles. The number of aromatic amines is 1. The van der Waals surface area contributed by atoms with Gasteiger partial charge in [0.2, 0.25) is 5.56 Å². The van der Waals surface area contributed by atoms with Crippen molar-refractivity contribution in [1.29, 1.82) is 0 Å². The van der Waals surface area contributed by atoms with Gasteiger partial charge in [-0.25, -0.2) is 0 Å². The quantitative estimate of drug-likeness (QED) is 0.731. The molecule has 2 heterocycles. The number of nitrogens with one attached hydrogen (secondary N) is 1. The molecule has 1 aliphatic heterocycles. The molecular formula is C11H16N2O. The van der Waals surface area contributed by atoms with Crippen LogP contribution >= 0.6 is 0 Å². The van der Waals surface area contributed by atoms with Gasteiger partial charge in [0.15, 0.2) is 0 Å². The van der Waals surface area contributed by atoms with E-state index >= 15 is 0 Å². The van der Waals surface area contributed by atoms with Gasteiger partial charge in [-0.15, -0.1) is 0 Å². The van der Waals surface area contributed by atoms with Crippen LogP contribution in [0.15, 0.2) is 16.9 Å². The van der Waals surface area contributed by atoms with Crippen LogP contribution in [0.4, 0.5) is 0 Å². The number of rotatable bonds is 1. The van der Waals surface area contributed by atoms with Gasteiger partial charge in [0, 0.05) is 17.8 Å². The minimum Gasteiger partial charge on any atom is -0.326 e. The highest BCUT2D eigenvalue weighted by atomic mass is 16.1. The van der Waals surface area contributed by atoms with Crippen LogP contribution in [-0.2, 0) is 0 Å². The first-order valence-corrected chi connectivity index (χ1v) is 5.08. The van der Waals surface area contributed by atoms with E-state index in [0.29, 0.717) is 6.04 Å². The third kappa shape index (κ3) is 1.60. The van der Waals surface area contributed by atoms with Crippen LogP contribution in [0.1, 0.15) is 30.1 Å². The molecule has 1 fully saturated rings. The third-order valence-electron chi connectivity index (χ3n) is 3.04. The predicted octanol–water partition coefficient (Wildman–Crippen LogP) is 1.45. The molecule has 76 valence electrons. The van der Waals surface area contributed by atoms with Gasteiger partial charge in [-0.2, -0.15) is 0 Å². The predicted molar refractivity (Wildman–Crippen MR) is 56.4 cm³/mol. The Hall–Kier alpha value is -1.09. The lowest BCUT2D eigenvalue weighted by atomic mass is 10.0. The van der Waals surface area contributed by atoms with E-state index in [-0.39, 0.29) is 5.56 Å². The highest BCUT2D eigenvalue weighted by molar-refractivity contribution is 5.23. The van der Waals surface area contributed by atoms with Crippen molar-refractivity contribution < 1.29 is 0 Å². The van der Waals surface area contributed by atoms with E-state index in [2.05, 4.69) is 16.9 Å². The van der Waals surface area contributed by atoms with Crippen molar-refractivity contribution >= 4 is 0 Å². The number of aryl methyl sites for hydroxylation is 1. The maximum atomic E-state index is 11.1. The summed E-state index contributed by atoms with van der Waals surface area (Å²) < 4.78 is 0. The molecule has 0 aliphatic carbocycles. The van der Waals surface area contributed by atoms with Gasteiger partial charge >= 0.3 is 0 Å². The molecule has 0 bridgehead atoms. The van der Waals surface area contributed by atoms with Crippen molar-refractivity contribution in [2.75, 3.05) is 13.6 Å². The van der Waals surface area contributed by atoms with E-state index in [4.69, 9.17) is 0 Å². The van der Waals surface area contributed by atoms with Crippen molar-refractivity contribution in [3.05, 3.63) is 33.7 Å². The summed E-state index contributed by atoms with van der Waals surface area (Å²) in [4.78, 5) is 16.3. The monoisotopic (exact) mass is 192 g/mol. The summed E-state index contributed by atoms with van der Waals surface area (Å²) in [6, 6.07) is 4.07. The summed E-state index contributed by atoms with van der Waals surface area (Å²) in [5.74, 6) is 0. The Balaban J connectivity index is 2.36. The van der Waals surface area contributed by atoms with Gasteiger partial charge in [-0.05, 0) is 38.9 Å². The van der Waals surface area contributed by atoms with E-state index < -0.39 is 0 Å². The maximum absolute atomic E-state index is 11.1. The zero-order chi connectivity index (χ0) is 10.1. The molecule has 0 radical (unpaired) electrons. The van der Waals surface area contributed by atoms with E-state index in [1.807, 2.05) is 13.0 Å². The van der Waals surface area contributed by atoms with Crippen molar-refractivity contribution in [2.24, 2.45) is 0 Å². The highest BCUT2D eigenvalue weighted by Crippen LogP contribution is 2.30. The number of hydrogen-bond acceptors (Lipinski definition) is 2. The Bertz CT molecular complexity index is 383. The molecule has 1 aliphatic rings. The lowest BCUT2D eigenvalue weighted by molar-refractivity contribution is 0.316. The second-order valence-electron chi connectivity index (χ2n) is 4.04. The fraction of sp³-hybridized carbons (Fsp3) is 0.545. The number of H-pyrrole nitrogens is 1. The average Bonchev–Trinajstić information content (AvgIpc) is 2.52. The second-order valence-corrected chi connectivity index (χ2v) is 4.04. The number of aromatic nitrogens is 1. The third-order valence-corrected chi connectivity index (χ3v) is 3.04. The topological polar surface area (TPSA) is 36.1 Å². The van der Waals surface area contributed by atoms with E-state index in [1.165, 1.54) is 18.4 Å². The minimum absolute atomic E-state index is 0.00750. The summed E-state index contributed by atoms with van der Waals surface area (Å²) in [5.41, 5.74) is 2.27. The number of pyridine rings is 1. The van der Waals surface area contributed by atoms with E-state index in [9.17, 15) is 4.79 Å². The molecule has 0 spiro atoms. The first kappa shape index (κ1) is 9.46. The standard InChI is InChI=1S/C11H16N2O/c1-8-9(5-6-11(14)12-8)10-4-3-7-13(10)2/h5-6,10H,3-4,7H2,1-2H3,(H,12,14)/t10-/m1/s1. The highest BCUT2D eigenvalue weighted by Gasteiger charge is 2.23. The van der Waals surface area contributed by atoms with Crippen LogP contribution in [-0.4, -0.2) is 23.5 Å². The fourth-order valence-electron chi connectivity index (χ4n) is 2.25. The molecule has 1 aromatic heterocycles. The van der Waals surface area contributed by atoms with Gasteiger partial charge in [0.1, 0.15) is 0 Å². The molecule has 1 N–H and O–H groups in total. The van der Waals surface area contributed by atoms with Crippen molar-refractivity contribution in [1.82, 2.24) is 9.88 Å². The normalized spacial score (nSPS) is 22.9. The van der Waals surface area contributed by atoms with Gasteiger partial charge in [-0.3, -0.25) is 9.69 Å². The first-order chi connectivity index (χ1) is 6.68. The summed E-state index contributed by atoms with van der Waals surface area (Å²) in [6.07, 6.45) is 2.45. The molecule has 1 saturated heterocycles. The molecule has 3 heteroatoms. The zero-order valence-electron chi connectivity index (χ0n) is 8.71. The van der Waals surface area contributed by atoms with Gasteiger partial charge in [0.25, 0.3) is 0 Å². The largest absolute Gasteiger partial charge is 0.326 e. The Morgan fingerprint density at radius 1 is 1.50 bits per heavy atom. The van der Waals surface area contributed by atoms with Crippen molar-refractivity contribution in [2.45, 2.75) is 25.8 Å². The molecule has 1 aromatic rings. The Kier molecular flexibility index (Phi) is 2.42. The van der Waals surface area contributed by atoms with Gasteiger partial charge in [-0.1, -0.05) is 6.07 Å². The van der Waals surface area contributed by atoms with Crippen LogP contribution in [0.3, 0.4) is 0 Å². The zero-order valence-corrected chi connectivity index (χ0v) is 8.71. The van der Waals surface area contributed by atoms with Crippen LogP contribution in [0, 0.1) is 6.92 Å². The molecule has 14 heavy (non-hydrogen) atoms. The van der Waals surface area contributed by atoms with E-state index in [0.717, 1.165) is 12.2 Å².